The molecular formula is C34H34F3NO3. The minimum Gasteiger partial charge on any atom is -0.461 e. The highest BCUT2D eigenvalue weighted by atomic mass is 19.4. The number of rotatable bonds is 7. The standard InChI is InChI=1S/C34H34F3NO3/c1-21-3-6-25(32(39)22(2)27-11-12-28-18-38-19-29(28)17-27)13-16-31(21)24-7-9-26(10-8-24)33(40)41-20-23-4-14-30(15-5-23)34(35,36)37/h4-6,11-17,19,22,24,26H,3,7-10,18,20H2,1-2H3. The van der Waals surface area contributed by atoms with Crippen molar-refractivity contribution in [3.63, 3.8) is 0 Å². The molecule has 0 radical (unpaired) electrons. The Hall–Kier alpha value is -3.74. The topological polar surface area (TPSA) is 55.7 Å². The van der Waals surface area contributed by atoms with E-state index in [1.54, 1.807) is 0 Å². The van der Waals surface area contributed by atoms with Gasteiger partial charge in [-0.2, -0.15) is 13.2 Å². The number of carbonyl (C=O) groups is 2. The fraction of sp³-hybridized carbons (Fsp3) is 0.382. The molecule has 1 fully saturated rings. The third-order valence-corrected chi connectivity index (χ3v) is 8.57. The summed E-state index contributed by atoms with van der Waals surface area (Å²) in [5.41, 5.74) is 6.27. The van der Waals surface area contributed by atoms with Gasteiger partial charge in [0.1, 0.15) is 6.61 Å². The molecule has 4 nitrogen and oxygen atoms in total. The largest absolute Gasteiger partial charge is 0.461 e. The van der Waals surface area contributed by atoms with Crippen molar-refractivity contribution in [3.8, 4) is 0 Å². The van der Waals surface area contributed by atoms with Gasteiger partial charge in [-0.3, -0.25) is 14.6 Å². The van der Waals surface area contributed by atoms with E-state index in [4.69, 9.17) is 4.74 Å². The molecule has 1 heterocycles. The molecule has 1 aliphatic heterocycles. The molecule has 7 heteroatoms. The van der Waals surface area contributed by atoms with Crippen LogP contribution in [0, 0.1) is 11.8 Å². The predicted octanol–water partition coefficient (Wildman–Crippen LogP) is 8.06. The first-order chi connectivity index (χ1) is 19.6. The van der Waals surface area contributed by atoms with Crippen molar-refractivity contribution < 1.29 is 27.5 Å². The van der Waals surface area contributed by atoms with E-state index in [1.165, 1.54) is 28.8 Å². The van der Waals surface area contributed by atoms with E-state index in [0.717, 1.165) is 41.7 Å². The average Bonchev–Trinajstić information content (AvgIpc) is 3.36. The Bertz CT molecular complexity index is 1440. The number of ketones is 1. The van der Waals surface area contributed by atoms with Gasteiger partial charge in [0.05, 0.1) is 18.0 Å². The van der Waals surface area contributed by atoms with Crippen LogP contribution in [0.3, 0.4) is 0 Å². The number of allylic oxidation sites excluding steroid dienone is 6. The van der Waals surface area contributed by atoms with Gasteiger partial charge in [-0.1, -0.05) is 55.0 Å². The zero-order valence-electron chi connectivity index (χ0n) is 23.3. The molecular weight excluding hydrogens is 527 g/mol. The Morgan fingerprint density at radius 3 is 2.46 bits per heavy atom. The highest BCUT2D eigenvalue weighted by Crippen LogP contribution is 2.38. The van der Waals surface area contributed by atoms with Gasteiger partial charge in [0.15, 0.2) is 5.78 Å². The second kappa shape index (κ2) is 12.0. The summed E-state index contributed by atoms with van der Waals surface area (Å²) in [6.07, 6.45) is 7.32. The summed E-state index contributed by atoms with van der Waals surface area (Å²) in [6, 6.07) is 10.8. The van der Waals surface area contributed by atoms with E-state index >= 15 is 0 Å². The molecule has 0 saturated heterocycles. The molecule has 41 heavy (non-hydrogen) atoms. The van der Waals surface area contributed by atoms with Gasteiger partial charge < -0.3 is 4.74 Å². The van der Waals surface area contributed by atoms with E-state index in [2.05, 4.69) is 30.1 Å². The normalized spacial score (nSPS) is 21.2. The lowest BCUT2D eigenvalue weighted by atomic mass is 9.77. The molecule has 2 aliphatic carbocycles. The van der Waals surface area contributed by atoms with Crippen molar-refractivity contribution in [2.75, 3.05) is 0 Å². The molecule has 2 aromatic carbocycles. The second-order valence-corrected chi connectivity index (χ2v) is 11.3. The van der Waals surface area contributed by atoms with Crippen molar-refractivity contribution in [1.82, 2.24) is 0 Å². The minimum absolute atomic E-state index is 0.0379. The smallest absolute Gasteiger partial charge is 0.416 e. The summed E-state index contributed by atoms with van der Waals surface area (Å²) in [6.45, 7) is 4.72. The summed E-state index contributed by atoms with van der Waals surface area (Å²) in [5, 5.41) is 0. The van der Waals surface area contributed by atoms with Crippen molar-refractivity contribution >= 4 is 18.0 Å². The van der Waals surface area contributed by atoms with E-state index in [0.29, 0.717) is 37.3 Å². The number of hydrogen-bond acceptors (Lipinski definition) is 4. The van der Waals surface area contributed by atoms with Crippen molar-refractivity contribution in [1.29, 1.82) is 0 Å². The maximum absolute atomic E-state index is 13.4. The number of nitrogens with zero attached hydrogens (tertiary/aromatic N) is 1. The van der Waals surface area contributed by atoms with Gasteiger partial charge in [-0.05, 0) is 91.0 Å². The van der Waals surface area contributed by atoms with Crippen molar-refractivity contribution in [3.05, 3.63) is 105 Å². The number of ether oxygens (including phenoxy) is 1. The molecule has 3 aliphatic rings. The van der Waals surface area contributed by atoms with Gasteiger partial charge in [-0.25, -0.2) is 0 Å². The molecule has 0 aromatic heterocycles. The Morgan fingerprint density at radius 1 is 1.02 bits per heavy atom. The lowest BCUT2D eigenvalue weighted by Crippen LogP contribution is -2.24. The van der Waals surface area contributed by atoms with E-state index in [1.807, 2.05) is 31.4 Å². The molecule has 5 rings (SSSR count). The van der Waals surface area contributed by atoms with E-state index in [-0.39, 0.29) is 30.2 Å². The number of hydrogen-bond donors (Lipinski definition) is 0. The van der Waals surface area contributed by atoms with Crippen LogP contribution in [0.15, 0.2) is 82.4 Å². The molecule has 1 saturated carbocycles. The number of Topliss-reactive ketones (excluding diaryl/α,β-unsaturated/α-hetero) is 1. The first kappa shape index (κ1) is 28.8. The molecule has 2 aromatic rings. The van der Waals surface area contributed by atoms with Crippen LogP contribution in [0.4, 0.5) is 13.2 Å². The fourth-order valence-electron chi connectivity index (χ4n) is 5.93. The highest BCUT2D eigenvalue weighted by molar-refractivity contribution is 6.02. The quantitative estimate of drug-likeness (QED) is 0.321. The number of esters is 1. The van der Waals surface area contributed by atoms with Crippen molar-refractivity contribution in [2.45, 2.75) is 71.2 Å². The predicted molar refractivity (Wildman–Crippen MR) is 152 cm³/mol. The number of carbonyl (C=O) groups excluding carboxylic acids is 2. The minimum atomic E-state index is -4.39. The first-order valence-electron chi connectivity index (χ1n) is 14.2. The second-order valence-electron chi connectivity index (χ2n) is 11.3. The molecule has 0 spiro atoms. The Kier molecular flexibility index (Phi) is 8.43. The van der Waals surface area contributed by atoms with Gasteiger partial charge >= 0.3 is 12.1 Å². The zero-order chi connectivity index (χ0) is 29.1. The molecule has 0 amide bonds. The van der Waals surface area contributed by atoms with Crippen LogP contribution < -0.4 is 0 Å². The first-order valence-corrected chi connectivity index (χ1v) is 14.2. The average molecular weight is 562 g/mol. The summed E-state index contributed by atoms with van der Waals surface area (Å²) in [7, 11) is 0. The fourth-order valence-corrected chi connectivity index (χ4v) is 5.93. The SMILES string of the molecule is CC1=C(C2CCC(C(=O)OCc3ccc(C(F)(F)F)cc3)CC2)C=CC(C(=O)C(C)c2ccc3c(c2)C=NC3)=CC1. The van der Waals surface area contributed by atoms with Crippen LogP contribution in [0.5, 0.6) is 0 Å². The Morgan fingerprint density at radius 2 is 1.76 bits per heavy atom. The lowest BCUT2D eigenvalue weighted by Gasteiger charge is -2.29. The zero-order valence-corrected chi connectivity index (χ0v) is 23.3. The Labute approximate surface area is 238 Å². The number of aliphatic imine (C=N–C) groups is 1. The summed E-state index contributed by atoms with van der Waals surface area (Å²) >= 11 is 0. The van der Waals surface area contributed by atoms with Crippen LogP contribution in [-0.2, 0) is 33.7 Å². The van der Waals surface area contributed by atoms with E-state index < -0.39 is 11.7 Å². The summed E-state index contributed by atoms with van der Waals surface area (Å²) in [5.74, 6) is -0.362. The van der Waals surface area contributed by atoms with Gasteiger partial charge in [-0.15, -0.1) is 0 Å². The van der Waals surface area contributed by atoms with E-state index in [9.17, 15) is 22.8 Å². The van der Waals surface area contributed by atoms with Crippen molar-refractivity contribution in [2.24, 2.45) is 16.8 Å². The van der Waals surface area contributed by atoms with Crippen LogP contribution in [-0.4, -0.2) is 18.0 Å². The molecule has 1 atom stereocenters. The third kappa shape index (κ3) is 6.61. The maximum Gasteiger partial charge on any atom is 0.416 e. The van der Waals surface area contributed by atoms with Crippen LogP contribution >= 0.6 is 0 Å². The monoisotopic (exact) mass is 561 g/mol. The highest BCUT2D eigenvalue weighted by Gasteiger charge is 2.31. The molecule has 0 bridgehead atoms. The lowest BCUT2D eigenvalue weighted by molar-refractivity contribution is -0.151. The number of halogens is 3. The Balaban J connectivity index is 1.14. The van der Waals surface area contributed by atoms with Gasteiger partial charge in [0.2, 0.25) is 0 Å². The van der Waals surface area contributed by atoms with Crippen LogP contribution in [0.1, 0.15) is 79.7 Å². The molecule has 0 N–H and O–H groups in total. The molecule has 214 valence electrons. The van der Waals surface area contributed by atoms with Crippen LogP contribution in [0.25, 0.3) is 0 Å². The van der Waals surface area contributed by atoms with Gasteiger partial charge in [0.25, 0.3) is 0 Å². The third-order valence-electron chi connectivity index (χ3n) is 8.57. The molecule has 1 unspecified atom stereocenters. The van der Waals surface area contributed by atoms with Crippen LogP contribution in [0.2, 0.25) is 0 Å². The summed E-state index contributed by atoms with van der Waals surface area (Å²) < 4.78 is 43.7. The number of fused-ring (bicyclic) bond motifs is 1. The maximum atomic E-state index is 13.4. The summed E-state index contributed by atoms with van der Waals surface area (Å²) in [4.78, 5) is 30.4. The number of benzene rings is 2. The number of alkyl halides is 3. The van der Waals surface area contributed by atoms with Gasteiger partial charge in [0, 0.05) is 17.7 Å².